The third-order valence-corrected chi connectivity index (χ3v) is 1.61. The van der Waals surface area contributed by atoms with Crippen molar-refractivity contribution in [2.24, 2.45) is 0 Å². The number of rotatable bonds is 2. The van der Waals surface area contributed by atoms with E-state index in [0.29, 0.717) is 0 Å². The molecule has 0 nitrogen and oxygen atoms in total. The second kappa shape index (κ2) is 3.43. The number of hydrogen-bond acceptors (Lipinski definition) is 0. The van der Waals surface area contributed by atoms with Crippen LogP contribution in [0.5, 0.6) is 0 Å². The Morgan fingerprint density at radius 3 is 3.10 bits per heavy atom. The lowest BCUT2D eigenvalue weighted by Crippen LogP contribution is -1.80. The number of allylic oxidation sites excluding steroid dienone is 1. The highest BCUT2D eigenvalue weighted by molar-refractivity contribution is 6.31. The predicted molar refractivity (Wildman–Crippen MR) is 44.2 cm³/mol. The van der Waals surface area contributed by atoms with Gasteiger partial charge < -0.3 is 0 Å². The van der Waals surface area contributed by atoms with Gasteiger partial charge in [0.25, 0.3) is 0 Å². The highest BCUT2D eigenvalue weighted by atomic mass is 35.5. The molecule has 0 aromatic heterocycles. The molecule has 0 unspecified atom stereocenters. The highest BCUT2D eigenvalue weighted by Gasteiger charge is 1.93. The van der Waals surface area contributed by atoms with Gasteiger partial charge in [-0.05, 0) is 24.1 Å². The van der Waals surface area contributed by atoms with Gasteiger partial charge in [-0.25, -0.2) is 0 Å². The van der Waals surface area contributed by atoms with Gasteiger partial charge in [0.2, 0.25) is 0 Å². The third kappa shape index (κ3) is 1.61. The summed E-state index contributed by atoms with van der Waals surface area (Å²) in [6, 6.07) is 8.46. The Hall–Kier alpha value is -0.750. The molecule has 1 aromatic rings. The van der Waals surface area contributed by atoms with Crippen LogP contribution in [-0.4, -0.2) is 0 Å². The molecule has 10 heavy (non-hydrogen) atoms. The van der Waals surface area contributed by atoms with E-state index in [1.165, 1.54) is 0 Å². The average Bonchev–Trinajstić information content (AvgIpc) is 1.94. The van der Waals surface area contributed by atoms with E-state index in [9.17, 15) is 0 Å². The maximum atomic E-state index is 5.82. The zero-order valence-corrected chi connectivity index (χ0v) is 6.36. The van der Waals surface area contributed by atoms with Crippen molar-refractivity contribution in [3.8, 4) is 0 Å². The van der Waals surface area contributed by atoms with Crippen LogP contribution in [0.3, 0.4) is 0 Å². The molecule has 0 N–H and O–H groups in total. The molecule has 1 heteroatoms. The number of hydrogen-bond donors (Lipinski definition) is 0. The van der Waals surface area contributed by atoms with Crippen LogP contribution >= 0.6 is 11.6 Å². The van der Waals surface area contributed by atoms with Crippen molar-refractivity contribution in [1.29, 1.82) is 0 Å². The largest absolute Gasteiger partial charge is 0.103 e. The fraction of sp³-hybridized carbons (Fsp3) is 0.111. The standard InChI is InChI=1S/C9H8Cl/c1-2-5-8-6-3-4-7-9(8)10/h2-3,6-7H,1,5H2. The minimum Gasteiger partial charge on any atom is -0.103 e. The van der Waals surface area contributed by atoms with E-state index >= 15 is 0 Å². The van der Waals surface area contributed by atoms with Crippen LogP contribution in [0.25, 0.3) is 0 Å². The lowest BCUT2D eigenvalue weighted by atomic mass is 10.1. The second-order valence-electron chi connectivity index (χ2n) is 2.01. The molecule has 0 atom stereocenters. The number of halogens is 1. The van der Waals surface area contributed by atoms with Crippen molar-refractivity contribution in [2.75, 3.05) is 0 Å². The molecule has 0 spiro atoms. The fourth-order valence-electron chi connectivity index (χ4n) is 0.763. The first-order valence-electron chi connectivity index (χ1n) is 3.10. The van der Waals surface area contributed by atoms with Crippen LogP contribution in [-0.2, 0) is 6.42 Å². The quantitative estimate of drug-likeness (QED) is 0.571. The molecule has 1 rings (SSSR count). The summed E-state index contributed by atoms with van der Waals surface area (Å²) in [5.74, 6) is 0. The van der Waals surface area contributed by atoms with E-state index in [-0.39, 0.29) is 0 Å². The monoisotopic (exact) mass is 151 g/mol. The molecule has 0 bridgehead atoms. The van der Waals surface area contributed by atoms with Gasteiger partial charge in [0.15, 0.2) is 0 Å². The molecular weight excluding hydrogens is 144 g/mol. The zero-order chi connectivity index (χ0) is 7.40. The Bertz CT molecular complexity index is 228. The van der Waals surface area contributed by atoms with Gasteiger partial charge in [0.1, 0.15) is 0 Å². The average molecular weight is 152 g/mol. The summed E-state index contributed by atoms with van der Waals surface area (Å²) >= 11 is 5.82. The summed E-state index contributed by atoms with van der Waals surface area (Å²) < 4.78 is 0. The highest BCUT2D eigenvalue weighted by Crippen LogP contribution is 2.14. The molecule has 1 radical (unpaired) electrons. The van der Waals surface area contributed by atoms with E-state index in [1.807, 2.05) is 18.2 Å². The maximum absolute atomic E-state index is 5.82. The van der Waals surface area contributed by atoms with Crippen LogP contribution in [0, 0.1) is 6.07 Å². The van der Waals surface area contributed by atoms with E-state index in [1.54, 1.807) is 6.07 Å². The topological polar surface area (TPSA) is 0 Å². The summed E-state index contributed by atoms with van der Waals surface area (Å²) in [6.07, 6.45) is 2.66. The molecule has 1 aromatic carbocycles. The third-order valence-electron chi connectivity index (χ3n) is 1.26. The van der Waals surface area contributed by atoms with E-state index in [2.05, 4.69) is 12.6 Å². The minimum atomic E-state index is 0.766. The lowest BCUT2D eigenvalue weighted by molar-refractivity contribution is 1.28. The molecular formula is C9H8Cl. The Balaban J connectivity index is 2.91. The van der Waals surface area contributed by atoms with Gasteiger partial charge in [-0.3, -0.25) is 0 Å². The van der Waals surface area contributed by atoms with Crippen molar-refractivity contribution < 1.29 is 0 Å². The summed E-state index contributed by atoms with van der Waals surface area (Å²) in [5, 5.41) is 0.766. The van der Waals surface area contributed by atoms with Crippen LogP contribution in [0.2, 0.25) is 5.02 Å². The van der Waals surface area contributed by atoms with Gasteiger partial charge in [-0.15, -0.1) is 6.58 Å². The van der Waals surface area contributed by atoms with Crippen LogP contribution in [0.1, 0.15) is 5.56 Å². The van der Waals surface area contributed by atoms with Crippen LogP contribution < -0.4 is 0 Å². The van der Waals surface area contributed by atoms with Crippen molar-refractivity contribution in [3.63, 3.8) is 0 Å². The van der Waals surface area contributed by atoms with Crippen LogP contribution in [0.15, 0.2) is 30.9 Å². The van der Waals surface area contributed by atoms with Gasteiger partial charge in [-0.1, -0.05) is 29.8 Å². The zero-order valence-electron chi connectivity index (χ0n) is 5.60. The molecule has 51 valence electrons. The van der Waals surface area contributed by atoms with Crippen LogP contribution in [0.4, 0.5) is 0 Å². The SMILES string of the molecule is C=CCc1cc[c]cc1Cl. The van der Waals surface area contributed by atoms with Gasteiger partial charge >= 0.3 is 0 Å². The van der Waals surface area contributed by atoms with E-state index in [4.69, 9.17) is 11.6 Å². The Kier molecular flexibility index (Phi) is 2.52. The first-order chi connectivity index (χ1) is 4.84. The van der Waals surface area contributed by atoms with Gasteiger partial charge in [0.05, 0.1) is 0 Å². The summed E-state index contributed by atoms with van der Waals surface area (Å²) in [6.45, 7) is 3.63. The smallest absolute Gasteiger partial charge is 0.0447 e. The van der Waals surface area contributed by atoms with E-state index < -0.39 is 0 Å². The number of benzene rings is 1. The summed E-state index contributed by atoms with van der Waals surface area (Å²) in [5.41, 5.74) is 1.11. The summed E-state index contributed by atoms with van der Waals surface area (Å²) in [7, 11) is 0. The van der Waals surface area contributed by atoms with Gasteiger partial charge in [-0.2, -0.15) is 0 Å². The molecule has 0 amide bonds. The molecule has 0 aliphatic heterocycles. The summed E-state index contributed by atoms with van der Waals surface area (Å²) in [4.78, 5) is 0. The van der Waals surface area contributed by atoms with E-state index in [0.717, 1.165) is 17.0 Å². The molecule has 0 aliphatic carbocycles. The predicted octanol–water partition coefficient (Wildman–Crippen LogP) is 2.87. The maximum Gasteiger partial charge on any atom is 0.0447 e. The lowest BCUT2D eigenvalue weighted by Gasteiger charge is -1.96. The first-order valence-corrected chi connectivity index (χ1v) is 3.48. The fourth-order valence-corrected chi connectivity index (χ4v) is 0.966. The van der Waals surface area contributed by atoms with Crippen molar-refractivity contribution in [3.05, 3.63) is 47.5 Å². The van der Waals surface area contributed by atoms with Crippen molar-refractivity contribution in [2.45, 2.75) is 6.42 Å². The Morgan fingerprint density at radius 1 is 1.70 bits per heavy atom. The molecule has 0 fully saturated rings. The van der Waals surface area contributed by atoms with Crippen molar-refractivity contribution in [1.82, 2.24) is 0 Å². The molecule has 0 saturated carbocycles. The first kappa shape index (κ1) is 7.36. The van der Waals surface area contributed by atoms with Crippen molar-refractivity contribution >= 4 is 11.6 Å². The Labute approximate surface area is 66.1 Å². The Morgan fingerprint density at radius 2 is 2.50 bits per heavy atom. The minimum absolute atomic E-state index is 0.766. The normalized spacial score (nSPS) is 9.30. The molecule has 0 heterocycles. The molecule has 0 saturated heterocycles. The van der Waals surface area contributed by atoms with Gasteiger partial charge in [0, 0.05) is 5.02 Å². The molecule has 0 aliphatic rings. The second-order valence-corrected chi connectivity index (χ2v) is 2.42.